The summed E-state index contributed by atoms with van der Waals surface area (Å²) in [5, 5.41) is 5.77. The van der Waals surface area contributed by atoms with E-state index >= 15 is 0 Å². The Morgan fingerprint density at radius 3 is 2.83 bits per heavy atom. The summed E-state index contributed by atoms with van der Waals surface area (Å²) in [6, 6.07) is 1.83. The summed E-state index contributed by atoms with van der Waals surface area (Å²) in [4.78, 5) is 41.6. The van der Waals surface area contributed by atoms with Gasteiger partial charge in [0.05, 0.1) is 18.3 Å². The molecule has 124 valence electrons. The van der Waals surface area contributed by atoms with Crippen LogP contribution in [-0.2, 0) is 16.1 Å². The molecule has 2 amide bonds. The molecule has 0 fully saturated rings. The quantitative estimate of drug-likeness (QED) is 0.816. The maximum Gasteiger partial charge on any atom is 0.262 e. The summed E-state index contributed by atoms with van der Waals surface area (Å²) in [6.07, 6.45) is 2.18. The van der Waals surface area contributed by atoms with Crippen LogP contribution in [0.25, 0.3) is 10.2 Å². The molecular formula is C15H20N4O3S. The van der Waals surface area contributed by atoms with Gasteiger partial charge in [0, 0.05) is 10.9 Å². The van der Waals surface area contributed by atoms with Crippen molar-refractivity contribution in [3.05, 3.63) is 27.6 Å². The normalized spacial score (nSPS) is 12.1. The zero-order valence-corrected chi connectivity index (χ0v) is 14.2. The topological polar surface area (TPSA) is 93.1 Å². The number of aromatic nitrogens is 2. The first-order valence-electron chi connectivity index (χ1n) is 7.42. The van der Waals surface area contributed by atoms with E-state index < -0.39 is 5.91 Å². The number of carbonyl (C=O) groups excluding carboxylic acids is 2. The van der Waals surface area contributed by atoms with E-state index in [1.54, 1.807) is 6.07 Å². The Morgan fingerprint density at radius 1 is 1.39 bits per heavy atom. The van der Waals surface area contributed by atoms with Crippen molar-refractivity contribution in [3.8, 4) is 0 Å². The standard InChI is InChI=1S/C15H20N4O3S/c1-4-9(2)18-12(20)6-16-13(21)7-19-8-17-14-11(15(19)22)5-10(3)23-14/h5,8-9H,4,6-7H2,1-3H3,(H,16,21)(H,18,20)/t9-/m1/s1. The highest BCUT2D eigenvalue weighted by Gasteiger charge is 2.11. The van der Waals surface area contributed by atoms with Gasteiger partial charge in [-0.05, 0) is 26.3 Å². The summed E-state index contributed by atoms with van der Waals surface area (Å²) in [6.45, 7) is 5.49. The lowest BCUT2D eigenvalue weighted by Crippen LogP contribution is -2.42. The predicted octanol–water partition coefficient (Wildman–Crippen LogP) is 0.797. The maximum atomic E-state index is 12.3. The predicted molar refractivity (Wildman–Crippen MR) is 89.5 cm³/mol. The first-order valence-corrected chi connectivity index (χ1v) is 8.24. The minimum absolute atomic E-state index is 0.0652. The van der Waals surface area contributed by atoms with E-state index in [9.17, 15) is 14.4 Å². The fourth-order valence-corrected chi connectivity index (χ4v) is 2.85. The van der Waals surface area contributed by atoms with Gasteiger partial charge in [0.25, 0.3) is 5.56 Å². The van der Waals surface area contributed by atoms with Crippen LogP contribution in [0, 0.1) is 6.92 Å². The molecule has 0 aliphatic carbocycles. The SMILES string of the molecule is CC[C@@H](C)NC(=O)CNC(=O)Cn1cnc2sc(C)cc2c1=O. The zero-order valence-electron chi connectivity index (χ0n) is 13.4. The number of hydrogen-bond acceptors (Lipinski definition) is 5. The highest BCUT2D eigenvalue weighted by molar-refractivity contribution is 7.18. The van der Waals surface area contributed by atoms with Crippen molar-refractivity contribution in [1.82, 2.24) is 20.2 Å². The fourth-order valence-electron chi connectivity index (χ4n) is 2.01. The molecule has 0 saturated heterocycles. The average Bonchev–Trinajstić information content (AvgIpc) is 2.89. The molecule has 0 bridgehead atoms. The van der Waals surface area contributed by atoms with Crippen LogP contribution in [0.15, 0.2) is 17.2 Å². The van der Waals surface area contributed by atoms with E-state index in [2.05, 4.69) is 15.6 Å². The second-order valence-corrected chi connectivity index (χ2v) is 6.64. The van der Waals surface area contributed by atoms with Crippen molar-refractivity contribution in [2.24, 2.45) is 0 Å². The zero-order chi connectivity index (χ0) is 17.0. The molecule has 0 aliphatic heterocycles. The second-order valence-electron chi connectivity index (χ2n) is 5.41. The molecule has 2 rings (SSSR count). The lowest BCUT2D eigenvalue weighted by Gasteiger charge is -2.12. The van der Waals surface area contributed by atoms with Gasteiger partial charge in [0.2, 0.25) is 11.8 Å². The minimum Gasteiger partial charge on any atom is -0.352 e. The van der Waals surface area contributed by atoms with Gasteiger partial charge >= 0.3 is 0 Å². The van der Waals surface area contributed by atoms with Gasteiger partial charge in [-0.2, -0.15) is 0 Å². The van der Waals surface area contributed by atoms with Crippen LogP contribution < -0.4 is 16.2 Å². The van der Waals surface area contributed by atoms with Crippen molar-refractivity contribution in [2.45, 2.75) is 39.8 Å². The molecule has 0 saturated carbocycles. The summed E-state index contributed by atoms with van der Waals surface area (Å²) < 4.78 is 1.25. The number of carbonyl (C=O) groups is 2. The van der Waals surface area contributed by atoms with Gasteiger partial charge in [-0.25, -0.2) is 4.98 Å². The van der Waals surface area contributed by atoms with Crippen molar-refractivity contribution < 1.29 is 9.59 Å². The molecule has 0 radical (unpaired) electrons. The van der Waals surface area contributed by atoms with E-state index in [4.69, 9.17) is 0 Å². The van der Waals surface area contributed by atoms with Crippen LogP contribution in [0.5, 0.6) is 0 Å². The monoisotopic (exact) mass is 336 g/mol. The molecule has 23 heavy (non-hydrogen) atoms. The summed E-state index contributed by atoms with van der Waals surface area (Å²) in [7, 11) is 0. The molecule has 2 aromatic heterocycles. The van der Waals surface area contributed by atoms with Crippen molar-refractivity contribution in [3.63, 3.8) is 0 Å². The maximum absolute atomic E-state index is 12.3. The smallest absolute Gasteiger partial charge is 0.262 e. The number of hydrogen-bond donors (Lipinski definition) is 2. The lowest BCUT2D eigenvalue weighted by molar-refractivity contribution is -0.126. The molecule has 1 atom stereocenters. The summed E-state index contributed by atoms with van der Waals surface area (Å²) in [5.41, 5.74) is -0.251. The van der Waals surface area contributed by atoms with Crippen molar-refractivity contribution >= 4 is 33.4 Å². The average molecular weight is 336 g/mol. The third kappa shape index (κ3) is 4.38. The molecule has 0 unspecified atom stereocenters. The Bertz CT molecular complexity index is 781. The van der Waals surface area contributed by atoms with E-state index in [0.717, 1.165) is 11.3 Å². The Hall–Kier alpha value is -2.22. The van der Waals surface area contributed by atoms with Gasteiger partial charge in [-0.15, -0.1) is 11.3 Å². The van der Waals surface area contributed by atoms with E-state index in [1.165, 1.54) is 22.2 Å². The highest BCUT2D eigenvalue weighted by Crippen LogP contribution is 2.19. The van der Waals surface area contributed by atoms with Crippen LogP contribution in [0.3, 0.4) is 0 Å². The molecule has 2 N–H and O–H groups in total. The Balaban J connectivity index is 1.97. The van der Waals surface area contributed by atoms with Crippen LogP contribution in [0.4, 0.5) is 0 Å². The lowest BCUT2D eigenvalue weighted by atomic mass is 10.2. The van der Waals surface area contributed by atoms with Crippen molar-refractivity contribution in [1.29, 1.82) is 0 Å². The first-order chi connectivity index (χ1) is 10.9. The van der Waals surface area contributed by atoms with Gasteiger partial charge in [0.1, 0.15) is 11.4 Å². The van der Waals surface area contributed by atoms with Gasteiger partial charge < -0.3 is 10.6 Å². The molecule has 0 aromatic carbocycles. The largest absolute Gasteiger partial charge is 0.352 e. The summed E-state index contributed by atoms with van der Waals surface area (Å²) in [5.74, 6) is -0.651. The first kappa shape index (κ1) is 17.1. The van der Waals surface area contributed by atoms with E-state index in [0.29, 0.717) is 10.2 Å². The van der Waals surface area contributed by atoms with Gasteiger partial charge in [-0.3, -0.25) is 19.0 Å². The minimum atomic E-state index is -0.403. The molecule has 2 aromatic rings. The Morgan fingerprint density at radius 2 is 2.13 bits per heavy atom. The Kier molecular flexibility index (Phi) is 5.49. The third-order valence-corrected chi connectivity index (χ3v) is 4.38. The number of fused-ring (bicyclic) bond motifs is 1. The van der Waals surface area contributed by atoms with Gasteiger partial charge in [-0.1, -0.05) is 6.92 Å². The number of aryl methyl sites for hydroxylation is 1. The molecule has 0 spiro atoms. The number of nitrogens with zero attached hydrogens (tertiary/aromatic N) is 2. The number of rotatable bonds is 6. The fraction of sp³-hybridized carbons (Fsp3) is 0.467. The van der Waals surface area contributed by atoms with Crippen LogP contribution >= 0.6 is 11.3 Å². The van der Waals surface area contributed by atoms with Crippen LogP contribution in [-0.4, -0.2) is 34.0 Å². The van der Waals surface area contributed by atoms with Crippen molar-refractivity contribution in [2.75, 3.05) is 6.54 Å². The third-order valence-electron chi connectivity index (χ3n) is 3.42. The molecule has 0 aliphatic rings. The number of amides is 2. The van der Waals surface area contributed by atoms with E-state index in [1.807, 2.05) is 20.8 Å². The molecule has 7 nitrogen and oxygen atoms in total. The highest BCUT2D eigenvalue weighted by atomic mass is 32.1. The van der Waals surface area contributed by atoms with Gasteiger partial charge in [0.15, 0.2) is 0 Å². The number of thiophene rings is 1. The summed E-state index contributed by atoms with van der Waals surface area (Å²) >= 11 is 1.44. The second kappa shape index (κ2) is 7.36. The van der Waals surface area contributed by atoms with E-state index in [-0.39, 0.29) is 30.6 Å². The molecule has 2 heterocycles. The molecular weight excluding hydrogens is 316 g/mol. The number of nitrogens with one attached hydrogen (secondary N) is 2. The van der Waals surface area contributed by atoms with Crippen LogP contribution in [0.1, 0.15) is 25.1 Å². The Labute approximate surface area is 137 Å². The van der Waals surface area contributed by atoms with Crippen LogP contribution in [0.2, 0.25) is 0 Å². The molecule has 8 heteroatoms.